The summed E-state index contributed by atoms with van der Waals surface area (Å²) in [5.74, 6) is -1.76. The largest absolute Gasteiger partial charge is 0.455 e. The van der Waals surface area contributed by atoms with Gasteiger partial charge in [-0.15, -0.1) is 0 Å². The second-order valence-corrected chi connectivity index (χ2v) is 7.40. The van der Waals surface area contributed by atoms with Gasteiger partial charge in [0.1, 0.15) is 0 Å². The number of esters is 1. The number of carbonyl (C=O) groups excluding carboxylic acids is 3. The van der Waals surface area contributed by atoms with Gasteiger partial charge < -0.3 is 15.0 Å². The van der Waals surface area contributed by atoms with E-state index in [1.54, 1.807) is 41.3 Å². The highest BCUT2D eigenvalue weighted by Crippen LogP contribution is 2.27. The number of hydrogen-bond donors (Lipinski definition) is 1. The maximum Gasteiger partial charge on any atom is 0.311 e. The average Bonchev–Trinajstić information content (AvgIpc) is 3.04. The summed E-state index contributed by atoms with van der Waals surface area (Å²) in [6.07, 6.45) is 0.0632. The molecule has 2 aromatic carbocycles. The molecule has 0 aliphatic carbocycles. The van der Waals surface area contributed by atoms with E-state index in [-0.39, 0.29) is 18.9 Å². The van der Waals surface area contributed by atoms with Crippen LogP contribution in [-0.2, 0) is 19.1 Å². The van der Waals surface area contributed by atoms with Gasteiger partial charge in [0.2, 0.25) is 5.91 Å². The van der Waals surface area contributed by atoms with E-state index in [0.29, 0.717) is 10.7 Å². The summed E-state index contributed by atoms with van der Waals surface area (Å²) in [4.78, 5) is 37.9. The van der Waals surface area contributed by atoms with Crippen LogP contribution in [0.1, 0.15) is 6.42 Å². The highest BCUT2D eigenvalue weighted by atomic mass is 79.9. The van der Waals surface area contributed by atoms with Crippen molar-refractivity contribution >= 4 is 56.7 Å². The zero-order valence-corrected chi connectivity index (χ0v) is 16.5. The molecule has 0 saturated carbocycles. The molecular weight excluding hydrogens is 436 g/mol. The van der Waals surface area contributed by atoms with E-state index >= 15 is 0 Å². The molecule has 0 bridgehead atoms. The molecule has 0 unspecified atom stereocenters. The lowest BCUT2D eigenvalue weighted by molar-refractivity contribution is -0.151. The highest BCUT2D eigenvalue weighted by Gasteiger charge is 2.36. The fourth-order valence-electron chi connectivity index (χ4n) is 2.72. The molecule has 6 nitrogen and oxygen atoms in total. The fraction of sp³-hybridized carbons (Fsp3) is 0.211. The van der Waals surface area contributed by atoms with Gasteiger partial charge in [0.25, 0.3) is 5.91 Å². The van der Waals surface area contributed by atoms with Crippen molar-refractivity contribution in [2.45, 2.75) is 6.42 Å². The summed E-state index contributed by atoms with van der Waals surface area (Å²) in [5, 5.41) is 3.16. The minimum absolute atomic E-state index is 0.0632. The van der Waals surface area contributed by atoms with Gasteiger partial charge in [-0.05, 0) is 48.5 Å². The molecule has 140 valence electrons. The van der Waals surface area contributed by atoms with Gasteiger partial charge >= 0.3 is 5.97 Å². The highest BCUT2D eigenvalue weighted by molar-refractivity contribution is 9.10. The molecule has 1 heterocycles. The lowest BCUT2D eigenvalue weighted by Gasteiger charge is -2.16. The Bertz CT molecular complexity index is 855. The van der Waals surface area contributed by atoms with Crippen LogP contribution in [0.25, 0.3) is 0 Å². The first-order valence-corrected chi connectivity index (χ1v) is 9.37. The van der Waals surface area contributed by atoms with Crippen molar-refractivity contribution < 1.29 is 19.1 Å². The Morgan fingerprint density at radius 1 is 1.15 bits per heavy atom. The Labute approximate surface area is 169 Å². The standard InChI is InChI=1S/C19H16BrClN2O4/c20-13-1-7-16(8-2-13)23-10-12(9-18(23)25)19(26)27-11-17(24)22-15-5-3-14(21)4-6-15/h1-8,12H,9-11H2,(H,22,24)/t12-/m1/s1. The Kier molecular flexibility index (Phi) is 6.13. The minimum Gasteiger partial charge on any atom is -0.455 e. The number of amides is 2. The molecule has 27 heavy (non-hydrogen) atoms. The molecule has 2 aromatic rings. The van der Waals surface area contributed by atoms with E-state index in [2.05, 4.69) is 21.2 Å². The lowest BCUT2D eigenvalue weighted by atomic mass is 10.1. The Balaban J connectivity index is 1.51. The molecule has 1 saturated heterocycles. The summed E-state index contributed by atoms with van der Waals surface area (Å²) in [7, 11) is 0. The second-order valence-electron chi connectivity index (χ2n) is 6.04. The topological polar surface area (TPSA) is 75.7 Å². The molecule has 1 aliphatic rings. The zero-order valence-electron chi connectivity index (χ0n) is 14.2. The fourth-order valence-corrected chi connectivity index (χ4v) is 3.11. The minimum atomic E-state index is -0.593. The first-order valence-electron chi connectivity index (χ1n) is 8.20. The molecule has 0 radical (unpaired) electrons. The summed E-state index contributed by atoms with van der Waals surface area (Å²) in [6.45, 7) is -0.178. The van der Waals surface area contributed by atoms with Gasteiger partial charge in [-0.1, -0.05) is 27.5 Å². The van der Waals surface area contributed by atoms with Crippen molar-refractivity contribution in [1.29, 1.82) is 0 Å². The number of anilines is 2. The van der Waals surface area contributed by atoms with Crippen LogP contribution in [0.4, 0.5) is 11.4 Å². The maximum absolute atomic E-state index is 12.2. The van der Waals surface area contributed by atoms with Gasteiger partial charge in [0.05, 0.1) is 5.92 Å². The van der Waals surface area contributed by atoms with E-state index in [0.717, 1.165) is 10.2 Å². The number of benzene rings is 2. The average molecular weight is 452 g/mol. The summed E-state index contributed by atoms with van der Waals surface area (Å²) in [5.41, 5.74) is 1.27. The Morgan fingerprint density at radius 3 is 2.48 bits per heavy atom. The predicted molar refractivity (Wildman–Crippen MR) is 106 cm³/mol. The molecule has 1 atom stereocenters. The molecule has 1 N–H and O–H groups in total. The molecule has 0 spiro atoms. The predicted octanol–water partition coefficient (Wildman–Crippen LogP) is 3.64. The van der Waals surface area contributed by atoms with Crippen LogP contribution in [0, 0.1) is 5.92 Å². The van der Waals surface area contributed by atoms with E-state index in [1.165, 1.54) is 0 Å². The van der Waals surface area contributed by atoms with Crippen LogP contribution in [0.15, 0.2) is 53.0 Å². The van der Waals surface area contributed by atoms with E-state index in [1.807, 2.05) is 12.1 Å². The third-order valence-electron chi connectivity index (χ3n) is 4.07. The van der Waals surface area contributed by atoms with Crippen molar-refractivity contribution in [1.82, 2.24) is 0 Å². The van der Waals surface area contributed by atoms with Crippen molar-refractivity contribution in [3.63, 3.8) is 0 Å². The summed E-state index contributed by atoms with van der Waals surface area (Å²) in [6, 6.07) is 13.8. The van der Waals surface area contributed by atoms with Crippen molar-refractivity contribution in [3.8, 4) is 0 Å². The number of ether oxygens (including phenoxy) is 1. The smallest absolute Gasteiger partial charge is 0.311 e. The molecule has 1 aliphatic heterocycles. The quantitative estimate of drug-likeness (QED) is 0.704. The van der Waals surface area contributed by atoms with Crippen LogP contribution >= 0.6 is 27.5 Å². The third kappa shape index (κ3) is 5.08. The monoisotopic (exact) mass is 450 g/mol. The Morgan fingerprint density at radius 2 is 1.81 bits per heavy atom. The number of hydrogen-bond acceptors (Lipinski definition) is 4. The van der Waals surface area contributed by atoms with E-state index in [4.69, 9.17) is 16.3 Å². The molecule has 3 rings (SSSR count). The first kappa shape index (κ1) is 19.4. The maximum atomic E-state index is 12.2. The molecule has 0 aromatic heterocycles. The van der Waals surface area contributed by atoms with Gasteiger partial charge in [-0.2, -0.15) is 0 Å². The lowest BCUT2D eigenvalue weighted by Crippen LogP contribution is -2.28. The SMILES string of the molecule is O=C(COC(=O)[C@@H]1CC(=O)N(c2ccc(Br)cc2)C1)Nc1ccc(Cl)cc1. The molecule has 1 fully saturated rings. The number of rotatable bonds is 5. The number of nitrogens with one attached hydrogen (secondary N) is 1. The number of halogens is 2. The Hall–Kier alpha value is -2.38. The summed E-state index contributed by atoms with van der Waals surface area (Å²) < 4.78 is 5.98. The van der Waals surface area contributed by atoms with Crippen LogP contribution in [0.5, 0.6) is 0 Å². The van der Waals surface area contributed by atoms with E-state index in [9.17, 15) is 14.4 Å². The molecular formula is C19H16BrClN2O4. The normalized spacial score (nSPS) is 16.3. The number of nitrogens with zero attached hydrogens (tertiary/aromatic N) is 1. The van der Waals surface area contributed by atoms with Crippen LogP contribution in [-0.4, -0.2) is 30.9 Å². The van der Waals surface area contributed by atoms with Crippen molar-refractivity contribution in [2.75, 3.05) is 23.4 Å². The van der Waals surface area contributed by atoms with Gasteiger partial charge in [0, 0.05) is 33.8 Å². The van der Waals surface area contributed by atoms with Crippen LogP contribution in [0.2, 0.25) is 5.02 Å². The van der Waals surface area contributed by atoms with Crippen molar-refractivity contribution in [3.05, 3.63) is 58.0 Å². The molecule has 2 amide bonds. The van der Waals surface area contributed by atoms with Gasteiger partial charge in [0.15, 0.2) is 6.61 Å². The number of carbonyl (C=O) groups is 3. The summed E-state index contributed by atoms with van der Waals surface area (Å²) >= 11 is 9.13. The first-order chi connectivity index (χ1) is 12.9. The van der Waals surface area contributed by atoms with Crippen molar-refractivity contribution in [2.24, 2.45) is 5.92 Å². The molecule has 8 heteroatoms. The van der Waals surface area contributed by atoms with Crippen LogP contribution < -0.4 is 10.2 Å². The van der Waals surface area contributed by atoms with E-state index < -0.39 is 24.4 Å². The third-order valence-corrected chi connectivity index (χ3v) is 4.85. The zero-order chi connectivity index (χ0) is 19.4. The second kappa shape index (κ2) is 8.54. The van der Waals surface area contributed by atoms with Gasteiger partial charge in [-0.25, -0.2) is 0 Å². The van der Waals surface area contributed by atoms with Crippen LogP contribution in [0.3, 0.4) is 0 Å². The van der Waals surface area contributed by atoms with Gasteiger partial charge in [-0.3, -0.25) is 14.4 Å².